The standard InChI is InChI=1S/C13H17N5O3/c19-12(14-7-10-3-1-2-6-20-10)8-21-13-5-4-11-16-15-9-18(11)17-13/h4-5,9-10H,1-3,6-8H2,(H,14,19)/t10-/m1/s1. The number of carbonyl (C=O) groups excluding carboxylic acids is 1. The molecule has 1 atom stereocenters. The SMILES string of the molecule is O=C(COc1ccc2nncn2n1)NC[C@H]1CCCCO1. The fourth-order valence-corrected chi connectivity index (χ4v) is 2.17. The third-order valence-corrected chi connectivity index (χ3v) is 3.29. The van der Waals surface area contributed by atoms with Crippen molar-refractivity contribution in [1.82, 2.24) is 25.1 Å². The number of hydrogen-bond acceptors (Lipinski definition) is 6. The van der Waals surface area contributed by atoms with Gasteiger partial charge >= 0.3 is 0 Å². The van der Waals surface area contributed by atoms with Gasteiger partial charge in [0.1, 0.15) is 6.33 Å². The van der Waals surface area contributed by atoms with Crippen molar-refractivity contribution < 1.29 is 14.3 Å². The Bertz CT molecular complexity index is 609. The zero-order valence-electron chi connectivity index (χ0n) is 11.6. The molecule has 8 heteroatoms. The minimum atomic E-state index is -0.185. The Kier molecular flexibility index (Phi) is 4.25. The first-order valence-corrected chi connectivity index (χ1v) is 6.99. The average Bonchev–Trinajstić information content (AvgIpc) is 2.99. The summed E-state index contributed by atoms with van der Waals surface area (Å²) in [6.45, 7) is 1.23. The highest BCUT2D eigenvalue weighted by molar-refractivity contribution is 5.77. The topological polar surface area (TPSA) is 90.6 Å². The first-order valence-electron chi connectivity index (χ1n) is 6.99. The van der Waals surface area contributed by atoms with Gasteiger partial charge in [-0.1, -0.05) is 0 Å². The molecule has 0 spiro atoms. The van der Waals surface area contributed by atoms with Crippen LogP contribution >= 0.6 is 0 Å². The molecule has 1 aliphatic rings. The molecular formula is C13H17N5O3. The van der Waals surface area contributed by atoms with Gasteiger partial charge in [0.2, 0.25) is 5.88 Å². The second-order valence-corrected chi connectivity index (χ2v) is 4.89. The molecule has 8 nitrogen and oxygen atoms in total. The number of nitrogens with zero attached hydrogens (tertiary/aromatic N) is 4. The first kappa shape index (κ1) is 13.7. The Morgan fingerprint density at radius 2 is 2.43 bits per heavy atom. The van der Waals surface area contributed by atoms with Gasteiger partial charge in [-0.2, -0.15) is 4.52 Å². The van der Waals surface area contributed by atoms with Crippen molar-refractivity contribution in [2.24, 2.45) is 0 Å². The van der Waals surface area contributed by atoms with Crippen LogP contribution in [-0.2, 0) is 9.53 Å². The highest BCUT2D eigenvalue weighted by Crippen LogP contribution is 2.11. The highest BCUT2D eigenvalue weighted by atomic mass is 16.5. The third-order valence-electron chi connectivity index (χ3n) is 3.29. The van der Waals surface area contributed by atoms with Crippen molar-refractivity contribution in [3.63, 3.8) is 0 Å². The monoisotopic (exact) mass is 291 g/mol. The van der Waals surface area contributed by atoms with Crippen molar-refractivity contribution in [3.8, 4) is 5.88 Å². The van der Waals surface area contributed by atoms with Crippen molar-refractivity contribution in [1.29, 1.82) is 0 Å². The number of carbonyl (C=O) groups is 1. The number of aromatic nitrogens is 4. The fraction of sp³-hybridized carbons (Fsp3) is 0.538. The fourth-order valence-electron chi connectivity index (χ4n) is 2.17. The van der Waals surface area contributed by atoms with Crippen LogP contribution in [0.25, 0.3) is 5.65 Å². The maximum Gasteiger partial charge on any atom is 0.258 e. The summed E-state index contributed by atoms with van der Waals surface area (Å²) < 4.78 is 12.4. The van der Waals surface area contributed by atoms with Gasteiger partial charge in [0.15, 0.2) is 12.3 Å². The van der Waals surface area contributed by atoms with E-state index in [0.29, 0.717) is 18.1 Å². The number of fused-ring (bicyclic) bond motifs is 1. The molecule has 0 aromatic carbocycles. The summed E-state index contributed by atoms with van der Waals surface area (Å²) in [5, 5.41) is 14.5. The van der Waals surface area contributed by atoms with Crippen molar-refractivity contribution in [3.05, 3.63) is 18.5 Å². The smallest absolute Gasteiger partial charge is 0.258 e. The molecule has 3 heterocycles. The van der Waals surface area contributed by atoms with Crippen LogP contribution in [0, 0.1) is 0 Å². The van der Waals surface area contributed by atoms with Crippen LogP contribution in [0.1, 0.15) is 19.3 Å². The lowest BCUT2D eigenvalue weighted by Gasteiger charge is -2.22. The summed E-state index contributed by atoms with van der Waals surface area (Å²) in [7, 11) is 0. The van der Waals surface area contributed by atoms with Gasteiger partial charge in [-0.05, 0) is 25.3 Å². The van der Waals surface area contributed by atoms with Crippen LogP contribution < -0.4 is 10.1 Å². The van der Waals surface area contributed by atoms with E-state index >= 15 is 0 Å². The molecule has 0 aliphatic carbocycles. The molecule has 21 heavy (non-hydrogen) atoms. The van der Waals surface area contributed by atoms with Crippen molar-refractivity contribution >= 4 is 11.6 Å². The summed E-state index contributed by atoms with van der Waals surface area (Å²) in [6, 6.07) is 3.38. The lowest BCUT2D eigenvalue weighted by molar-refractivity contribution is -0.124. The van der Waals surface area contributed by atoms with Gasteiger partial charge < -0.3 is 14.8 Å². The van der Waals surface area contributed by atoms with Crippen LogP contribution in [0.15, 0.2) is 18.5 Å². The van der Waals surface area contributed by atoms with Gasteiger partial charge in [0.25, 0.3) is 5.91 Å². The molecule has 0 saturated carbocycles. The van der Waals surface area contributed by atoms with E-state index in [1.165, 1.54) is 10.8 Å². The molecular weight excluding hydrogens is 274 g/mol. The first-order chi connectivity index (χ1) is 10.3. The number of hydrogen-bond donors (Lipinski definition) is 1. The second kappa shape index (κ2) is 6.49. The van der Waals surface area contributed by atoms with Crippen molar-refractivity contribution in [2.45, 2.75) is 25.4 Å². The molecule has 1 saturated heterocycles. The lowest BCUT2D eigenvalue weighted by atomic mass is 10.1. The Balaban J connectivity index is 1.44. The Labute approximate surface area is 121 Å². The minimum absolute atomic E-state index is 0.0760. The summed E-state index contributed by atoms with van der Waals surface area (Å²) in [5.41, 5.74) is 0.626. The maximum atomic E-state index is 11.7. The van der Waals surface area contributed by atoms with E-state index in [1.807, 2.05) is 0 Å². The third kappa shape index (κ3) is 3.66. The molecule has 0 bridgehead atoms. The number of amides is 1. The van der Waals surface area contributed by atoms with Crippen LogP contribution in [0.5, 0.6) is 5.88 Å². The molecule has 2 aromatic rings. The molecule has 2 aromatic heterocycles. The molecule has 1 aliphatic heterocycles. The molecule has 3 rings (SSSR count). The van der Waals surface area contributed by atoms with Gasteiger partial charge in [-0.3, -0.25) is 4.79 Å². The average molecular weight is 291 g/mol. The zero-order chi connectivity index (χ0) is 14.5. The zero-order valence-corrected chi connectivity index (χ0v) is 11.6. The molecule has 1 N–H and O–H groups in total. The van der Waals surface area contributed by atoms with E-state index < -0.39 is 0 Å². The highest BCUT2D eigenvalue weighted by Gasteiger charge is 2.14. The molecule has 1 fully saturated rings. The Morgan fingerprint density at radius 1 is 1.48 bits per heavy atom. The molecule has 0 unspecified atom stereocenters. The summed E-state index contributed by atoms with van der Waals surface area (Å²) >= 11 is 0. The number of rotatable bonds is 5. The summed E-state index contributed by atoms with van der Waals surface area (Å²) in [6.07, 6.45) is 4.84. The van der Waals surface area contributed by atoms with E-state index in [2.05, 4.69) is 20.6 Å². The van der Waals surface area contributed by atoms with Gasteiger partial charge in [0.05, 0.1) is 6.10 Å². The van der Waals surface area contributed by atoms with E-state index in [1.54, 1.807) is 12.1 Å². The Morgan fingerprint density at radius 3 is 3.29 bits per heavy atom. The van der Waals surface area contributed by atoms with E-state index in [-0.39, 0.29) is 18.6 Å². The predicted octanol–water partition coefficient (Wildman–Crippen LogP) is 0.188. The quantitative estimate of drug-likeness (QED) is 0.845. The summed E-state index contributed by atoms with van der Waals surface area (Å²) in [4.78, 5) is 11.7. The number of nitrogens with one attached hydrogen (secondary N) is 1. The largest absolute Gasteiger partial charge is 0.467 e. The summed E-state index contributed by atoms with van der Waals surface area (Å²) in [5.74, 6) is 0.168. The van der Waals surface area contributed by atoms with Gasteiger partial charge in [-0.25, -0.2) is 0 Å². The molecule has 1 amide bonds. The van der Waals surface area contributed by atoms with Gasteiger partial charge in [0, 0.05) is 19.2 Å². The molecule has 112 valence electrons. The van der Waals surface area contributed by atoms with E-state index in [4.69, 9.17) is 9.47 Å². The normalized spacial score (nSPS) is 18.6. The number of ether oxygens (including phenoxy) is 2. The van der Waals surface area contributed by atoms with Gasteiger partial charge in [-0.15, -0.1) is 15.3 Å². The van der Waals surface area contributed by atoms with Crippen LogP contribution in [0.3, 0.4) is 0 Å². The molecule has 0 radical (unpaired) electrons. The van der Waals surface area contributed by atoms with E-state index in [9.17, 15) is 4.79 Å². The van der Waals surface area contributed by atoms with Crippen LogP contribution in [0.2, 0.25) is 0 Å². The van der Waals surface area contributed by atoms with Crippen LogP contribution in [-0.4, -0.2) is 51.6 Å². The second-order valence-electron chi connectivity index (χ2n) is 4.89. The van der Waals surface area contributed by atoms with Crippen LogP contribution in [0.4, 0.5) is 0 Å². The van der Waals surface area contributed by atoms with E-state index in [0.717, 1.165) is 25.9 Å². The minimum Gasteiger partial charge on any atom is -0.467 e. The lowest BCUT2D eigenvalue weighted by Crippen LogP contribution is -2.37. The Hall–Kier alpha value is -2.22. The maximum absolute atomic E-state index is 11.7. The van der Waals surface area contributed by atoms with Crippen molar-refractivity contribution in [2.75, 3.05) is 19.8 Å². The predicted molar refractivity (Wildman–Crippen MR) is 72.9 cm³/mol.